The summed E-state index contributed by atoms with van der Waals surface area (Å²) in [6.45, 7) is 0. The van der Waals surface area contributed by atoms with Crippen LogP contribution in [0.15, 0.2) is 60.4 Å². The summed E-state index contributed by atoms with van der Waals surface area (Å²) >= 11 is 0. The van der Waals surface area contributed by atoms with Gasteiger partial charge in [0, 0.05) is 0 Å². The van der Waals surface area contributed by atoms with E-state index in [0.29, 0.717) is 0 Å². The van der Waals surface area contributed by atoms with Crippen LogP contribution in [-0.4, -0.2) is 21.3 Å². The highest BCUT2D eigenvalue weighted by molar-refractivity contribution is 5.87. The van der Waals surface area contributed by atoms with E-state index in [-0.39, 0.29) is 0 Å². The van der Waals surface area contributed by atoms with Crippen molar-refractivity contribution in [1.82, 2.24) is 0 Å². The minimum atomic E-state index is 0.829. The van der Waals surface area contributed by atoms with Crippen molar-refractivity contribution >= 4 is 5.57 Å². The Bertz CT molecular complexity index is 787. The molecule has 0 spiro atoms. The molecule has 0 saturated carbocycles. The number of methoxy groups -OCH3 is 3. The van der Waals surface area contributed by atoms with E-state index in [9.17, 15) is 0 Å². The third kappa shape index (κ3) is 3.30. The van der Waals surface area contributed by atoms with E-state index >= 15 is 0 Å². The Morgan fingerprint density at radius 2 is 1.58 bits per heavy atom. The molecule has 3 rings (SSSR count). The average Bonchev–Trinajstić information content (AvgIpc) is 2.67. The monoisotopic (exact) mass is 321 g/mol. The van der Waals surface area contributed by atoms with Crippen molar-refractivity contribution < 1.29 is 14.2 Å². The first-order chi connectivity index (χ1) is 11.7. The first kappa shape index (κ1) is 16.2. The van der Waals surface area contributed by atoms with Gasteiger partial charge in [-0.25, -0.2) is 0 Å². The maximum atomic E-state index is 5.42. The Morgan fingerprint density at radius 1 is 0.792 bits per heavy atom. The van der Waals surface area contributed by atoms with Gasteiger partial charge in [0.2, 0.25) is 0 Å². The van der Waals surface area contributed by atoms with E-state index < -0.39 is 0 Å². The highest BCUT2D eigenvalue weighted by Gasteiger charge is 2.15. The van der Waals surface area contributed by atoms with Crippen LogP contribution in [0.2, 0.25) is 0 Å². The Labute approximate surface area is 143 Å². The molecule has 2 aromatic carbocycles. The SMILES string of the molecule is COC1=CC[CH]C(c2ccc(OC)cc2-c2cccc(OC)c2)=C1. The second kappa shape index (κ2) is 7.26. The minimum absolute atomic E-state index is 0.829. The summed E-state index contributed by atoms with van der Waals surface area (Å²) in [6, 6.07) is 14.2. The quantitative estimate of drug-likeness (QED) is 0.784. The third-order valence-corrected chi connectivity index (χ3v) is 4.11. The Morgan fingerprint density at radius 3 is 2.33 bits per heavy atom. The summed E-state index contributed by atoms with van der Waals surface area (Å²) in [6.07, 6.45) is 7.19. The van der Waals surface area contributed by atoms with Gasteiger partial charge in [-0.1, -0.05) is 18.2 Å². The summed E-state index contributed by atoms with van der Waals surface area (Å²) in [5, 5.41) is 0. The average molecular weight is 321 g/mol. The van der Waals surface area contributed by atoms with Crippen molar-refractivity contribution in [3.63, 3.8) is 0 Å². The van der Waals surface area contributed by atoms with Gasteiger partial charge >= 0.3 is 0 Å². The molecule has 3 nitrogen and oxygen atoms in total. The fraction of sp³-hybridized carbons (Fsp3) is 0.190. The molecule has 0 unspecified atom stereocenters. The molecule has 0 bridgehead atoms. The molecule has 0 aromatic heterocycles. The van der Waals surface area contributed by atoms with Crippen molar-refractivity contribution in [3.05, 3.63) is 72.4 Å². The normalized spacial score (nSPS) is 13.8. The van der Waals surface area contributed by atoms with Gasteiger partial charge in [-0.15, -0.1) is 0 Å². The van der Waals surface area contributed by atoms with Crippen LogP contribution < -0.4 is 9.47 Å². The van der Waals surface area contributed by atoms with Gasteiger partial charge in [-0.3, -0.25) is 0 Å². The summed E-state index contributed by atoms with van der Waals surface area (Å²) in [5.41, 5.74) is 4.49. The lowest BCUT2D eigenvalue weighted by Gasteiger charge is -2.18. The number of allylic oxidation sites excluding steroid dienone is 3. The van der Waals surface area contributed by atoms with Gasteiger partial charge in [0.05, 0.1) is 21.3 Å². The van der Waals surface area contributed by atoms with Gasteiger partial charge in [-0.05, 0) is 71.5 Å². The lowest BCUT2D eigenvalue weighted by molar-refractivity contribution is 0.305. The summed E-state index contributed by atoms with van der Waals surface area (Å²) in [5.74, 6) is 2.55. The molecule has 0 saturated heterocycles. The predicted molar refractivity (Wildman–Crippen MR) is 97.0 cm³/mol. The van der Waals surface area contributed by atoms with Crippen LogP contribution in [0.1, 0.15) is 12.0 Å². The van der Waals surface area contributed by atoms with E-state index in [1.807, 2.05) is 24.3 Å². The molecule has 0 heterocycles. The van der Waals surface area contributed by atoms with E-state index in [2.05, 4.69) is 36.8 Å². The predicted octanol–water partition coefficient (Wildman–Crippen LogP) is 4.89. The van der Waals surface area contributed by atoms with Crippen molar-refractivity contribution in [1.29, 1.82) is 0 Å². The molecule has 24 heavy (non-hydrogen) atoms. The molecule has 2 aromatic rings. The van der Waals surface area contributed by atoms with Gasteiger partial charge in [0.1, 0.15) is 17.3 Å². The highest BCUT2D eigenvalue weighted by atomic mass is 16.5. The Hall–Kier alpha value is -2.68. The van der Waals surface area contributed by atoms with Crippen molar-refractivity contribution in [2.24, 2.45) is 0 Å². The molecule has 1 aliphatic carbocycles. The molecular formula is C21H21O3. The number of hydrogen-bond acceptors (Lipinski definition) is 3. The topological polar surface area (TPSA) is 27.7 Å². The zero-order chi connectivity index (χ0) is 16.9. The van der Waals surface area contributed by atoms with Gasteiger partial charge in [-0.2, -0.15) is 0 Å². The molecule has 0 atom stereocenters. The van der Waals surface area contributed by atoms with Crippen molar-refractivity contribution in [2.75, 3.05) is 21.3 Å². The number of rotatable bonds is 5. The van der Waals surface area contributed by atoms with Gasteiger partial charge in [0.15, 0.2) is 0 Å². The van der Waals surface area contributed by atoms with E-state index in [1.54, 1.807) is 21.3 Å². The Balaban J connectivity index is 2.13. The largest absolute Gasteiger partial charge is 0.497 e. The van der Waals surface area contributed by atoms with Crippen LogP contribution in [0.4, 0.5) is 0 Å². The molecular weight excluding hydrogens is 300 g/mol. The number of ether oxygens (including phenoxy) is 3. The van der Waals surface area contributed by atoms with E-state index in [1.165, 1.54) is 0 Å². The molecule has 1 radical (unpaired) electrons. The maximum absolute atomic E-state index is 5.42. The zero-order valence-corrected chi connectivity index (χ0v) is 14.2. The zero-order valence-electron chi connectivity index (χ0n) is 14.2. The minimum Gasteiger partial charge on any atom is -0.497 e. The molecule has 3 heteroatoms. The van der Waals surface area contributed by atoms with Gasteiger partial charge in [0.25, 0.3) is 0 Å². The van der Waals surface area contributed by atoms with Crippen LogP contribution in [0.5, 0.6) is 11.5 Å². The lowest BCUT2D eigenvalue weighted by atomic mass is 9.89. The second-order valence-corrected chi connectivity index (χ2v) is 5.49. The Kier molecular flexibility index (Phi) is 4.90. The van der Waals surface area contributed by atoms with Crippen LogP contribution in [-0.2, 0) is 4.74 Å². The third-order valence-electron chi connectivity index (χ3n) is 4.11. The molecule has 0 aliphatic heterocycles. The standard InChI is InChI=1S/C21H21O3/c1-22-17-8-4-6-15(12-17)20-11-10-19(24-3)14-21(20)16-7-5-9-18(13-16)23-2/h5-14H,4H2,1-3H3. The molecule has 0 amide bonds. The smallest absolute Gasteiger partial charge is 0.119 e. The summed E-state index contributed by atoms with van der Waals surface area (Å²) < 4.78 is 16.2. The molecule has 0 fully saturated rings. The van der Waals surface area contributed by atoms with Crippen molar-refractivity contribution in [2.45, 2.75) is 6.42 Å². The van der Waals surface area contributed by atoms with Crippen LogP contribution >= 0.6 is 0 Å². The molecule has 0 N–H and O–H groups in total. The lowest BCUT2D eigenvalue weighted by Crippen LogP contribution is -1.98. The van der Waals surface area contributed by atoms with E-state index in [4.69, 9.17) is 14.2 Å². The molecule has 123 valence electrons. The fourth-order valence-corrected chi connectivity index (χ4v) is 2.83. The molecule has 1 aliphatic rings. The maximum Gasteiger partial charge on any atom is 0.119 e. The van der Waals surface area contributed by atoms with Crippen molar-refractivity contribution in [3.8, 4) is 22.6 Å². The van der Waals surface area contributed by atoms with Crippen LogP contribution in [0, 0.1) is 6.42 Å². The van der Waals surface area contributed by atoms with Gasteiger partial charge < -0.3 is 14.2 Å². The van der Waals surface area contributed by atoms with Crippen LogP contribution in [0.25, 0.3) is 16.7 Å². The van der Waals surface area contributed by atoms with Crippen LogP contribution in [0.3, 0.4) is 0 Å². The fourth-order valence-electron chi connectivity index (χ4n) is 2.83. The second-order valence-electron chi connectivity index (χ2n) is 5.49. The first-order valence-corrected chi connectivity index (χ1v) is 7.87. The number of benzene rings is 2. The highest BCUT2D eigenvalue weighted by Crippen LogP contribution is 2.37. The van der Waals surface area contributed by atoms with E-state index in [0.717, 1.165) is 45.9 Å². The summed E-state index contributed by atoms with van der Waals surface area (Å²) in [7, 11) is 5.06. The number of hydrogen-bond donors (Lipinski definition) is 0. The summed E-state index contributed by atoms with van der Waals surface area (Å²) in [4.78, 5) is 0. The first-order valence-electron chi connectivity index (χ1n) is 7.87.